The van der Waals surface area contributed by atoms with E-state index in [1.54, 1.807) is 21.2 Å². The van der Waals surface area contributed by atoms with E-state index in [-0.39, 0.29) is 42.5 Å². The Morgan fingerprint density at radius 1 is 1.37 bits per heavy atom. The number of benzene rings is 1. The maximum Gasteiger partial charge on any atom is 0.243 e. The van der Waals surface area contributed by atoms with Crippen molar-refractivity contribution in [1.82, 2.24) is 15.5 Å². The van der Waals surface area contributed by atoms with Crippen molar-refractivity contribution >= 4 is 53.1 Å². The van der Waals surface area contributed by atoms with Gasteiger partial charge in [0.05, 0.1) is 6.61 Å². The molecular weight excluding hydrogens is 481 g/mol. The molecule has 1 atom stereocenters. The summed E-state index contributed by atoms with van der Waals surface area (Å²) in [5, 5.41) is 7.38. The number of nitrogens with zero attached hydrogens (tertiary/aromatic N) is 3. The van der Waals surface area contributed by atoms with Gasteiger partial charge in [-0.1, -0.05) is 11.6 Å². The highest BCUT2D eigenvalue weighted by molar-refractivity contribution is 14.0. The minimum Gasteiger partial charge on any atom is -0.383 e. The summed E-state index contributed by atoms with van der Waals surface area (Å²) in [6.07, 6.45) is 0.995. The molecule has 9 heteroatoms. The predicted octanol–water partition coefficient (Wildman–Crippen LogP) is 1.81. The Labute approximate surface area is 183 Å². The first-order valence-corrected chi connectivity index (χ1v) is 9.12. The molecule has 1 aliphatic heterocycles. The number of methoxy groups -OCH3 is 1. The number of nitrogens with one attached hydrogen (secondary N) is 2. The van der Waals surface area contributed by atoms with E-state index < -0.39 is 0 Å². The number of likely N-dealkylation sites (N-methyl/N-ethyl adjacent to an activating group) is 1. The molecule has 0 aromatic heterocycles. The number of anilines is 1. The predicted molar refractivity (Wildman–Crippen MR) is 121 cm³/mol. The van der Waals surface area contributed by atoms with E-state index in [2.05, 4.69) is 20.5 Å². The lowest BCUT2D eigenvalue weighted by Gasteiger charge is -2.21. The highest BCUT2D eigenvalue weighted by atomic mass is 127. The lowest BCUT2D eigenvalue weighted by Crippen LogP contribution is -2.46. The molecule has 0 aliphatic carbocycles. The maximum atomic E-state index is 11.8. The van der Waals surface area contributed by atoms with Gasteiger partial charge in [0.15, 0.2) is 5.96 Å². The van der Waals surface area contributed by atoms with Gasteiger partial charge < -0.3 is 25.2 Å². The Morgan fingerprint density at radius 3 is 2.70 bits per heavy atom. The van der Waals surface area contributed by atoms with Crippen LogP contribution in [0.1, 0.15) is 6.42 Å². The van der Waals surface area contributed by atoms with Gasteiger partial charge in [0.2, 0.25) is 5.91 Å². The Hall–Kier alpha value is -1.26. The number of halogens is 2. The van der Waals surface area contributed by atoms with Crippen LogP contribution in [0.2, 0.25) is 5.02 Å². The van der Waals surface area contributed by atoms with Gasteiger partial charge in [0.25, 0.3) is 0 Å². The van der Waals surface area contributed by atoms with Crippen molar-refractivity contribution in [2.24, 2.45) is 4.99 Å². The maximum absolute atomic E-state index is 11.8. The smallest absolute Gasteiger partial charge is 0.243 e. The molecule has 0 spiro atoms. The molecule has 1 heterocycles. The van der Waals surface area contributed by atoms with Gasteiger partial charge in [0, 0.05) is 57.6 Å². The third-order valence-electron chi connectivity index (χ3n) is 4.19. The van der Waals surface area contributed by atoms with Crippen molar-refractivity contribution < 1.29 is 9.53 Å². The van der Waals surface area contributed by atoms with E-state index >= 15 is 0 Å². The monoisotopic (exact) mass is 509 g/mol. The molecule has 1 aliphatic rings. The minimum absolute atomic E-state index is 0. The average Bonchev–Trinajstić information content (AvgIpc) is 3.08. The lowest BCUT2D eigenvalue weighted by molar-refractivity contribution is -0.127. The van der Waals surface area contributed by atoms with Crippen LogP contribution >= 0.6 is 35.6 Å². The van der Waals surface area contributed by atoms with E-state index in [9.17, 15) is 4.79 Å². The quantitative estimate of drug-likeness (QED) is 0.254. The van der Waals surface area contributed by atoms with Crippen molar-refractivity contribution in [2.45, 2.75) is 12.5 Å². The molecule has 7 nitrogen and oxygen atoms in total. The Balaban J connectivity index is 0.00000364. The zero-order valence-corrected chi connectivity index (χ0v) is 19.2. The van der Waals surface area contributed by atoms with Crippen LogP contribution in [-0.4, -0.2) is 76.8 Å². The van der Waals surface area contributed by atoms with E-state index in [0.29, 0.717) is 19.1 Å². The Morgan fingerprint density at radius 2 is 2.07 bits per heavy atom. The van der Waals surface area contributed by atoms with E-state index in [1.165, 1.54) is 4.90 Å². The molecule has 2 rings (SSSR count). The van der Waals surface area contributed by atoms with Gasteiger partial charge in [-0.25, -0.2) is 4.99 Å². The van der Waals surface area contributed by atoms with Crippen LogP contribution in [0.3, 0.4) is 0 Å². The molecule has 1 aromatic carbocycles. The third kappa shape index (κ3) is 8.10. The first kappa shape index (κ1) is 23.8. The second kappa shape index (κ2) is 12.2. The summed E-state index contributed by atoms with van der Waals surface area (Å²) in [4.78, 5) is 20.0. The normalized spacial score (nSPS) is 16.7. The molecular formula is C18H29ClIN5O2. The van der Waals surface area contributed by atoms with Crippen LogP contribution in [0.25, 0.3) is 0 Å². The average molecular weight is 510 g/mol. The van der Waals surface area contributed by atoms with Gasteiger partial charge in [-0.05, 0) is 30.7 Å². The molecule has 0 radical (unpaired) electrons. The summed E-state index contributed by atoms with van der Waals surface area (Å²) >= 11 is 5.96. The molecule has 0 bridgehead atoms. The van der Waals surface area contributed by atoms with E-state index in [4.69, 9.17) is 16.3 Å². The van der Waals surface area contributed by atoms with Crippen LogP contribution in [0.4, 0.5) is 5.69 Å². The molecule has 1 fully saturated rings. The number of aliphatic imine (C=N–C) groups is 1. The highest BCUT2D eigenvalue weighted by Crippen LogP contribution is 2.22. The molecule has 1 unspecified atom stereocenters. The summed E-state index contributed by atoms with van der Waals surface area (Å²) in [5.41, 5.74) is 1.16. The topological polar surface area (TPSA) is 69.2 Å². The fourth-order valence-corrected chi connectivity index (χ4v) is 2.80. The number of rotatable bonds is 7. The van der Waals surface area contributed by atoms with E-state index in [1.807, 2.05) is 24.3 Å². The van der Waals surface area contributed by atoms with Crippen molar-refractivity contribution in [2.75, 3.05) is 58.9 Å². The van der Waals surface area contributed by atoms with Crippen molar-refractivity contribution in [3.05, 3.63) is 29.3 Å². The number of ether oxygens (including phenoxy) is 1. The molecule has 1 saturated heterocycles. The molecule has 152 valence electrons. The van der Waals surface area contributed by atoms with E-state index in [0.717, 1.165) is 30.2 Å². The van der Waals surface area contributed by atoms with Crippen LogP contribution in [-0.2, 0) is 9.53 Å². The van der Waals surface area contributed by atoms with Gasteiger partial charge in [-0.3, -0.25) is 4.79 Å². The molecule has 1 aromatic rings. The molecule has 27 heavy (non-hydrogen) atoms. The Kier molecular flexibility index (Phi) is 10.8. The van der Waals surface area contributed by atoms with Crippen LogP contribution in [0.5, 0.6) is 0 Å². The minimum atomic E-state index is -0.0351. The van der Waals surface area contributed by atoms with Crippen molar-refractivity contribution in [1.29, 1.82) is 0 Å². The fourth-order valence-electron chi connectivity index (χ4n) is 2.67. The van der Waals surface area contributed by atoms with Crippen molar-refractivity contribution in [3.63, 3.8) is 0 Å². The van der Waals surface area contributed by atoms with Gasteiger partial charge >= 0.3 is 0 Å². The molecule has 0 saturated carbocycles. The number of amides is 1. The number of guanidine groups is 1. The largest absolute Gasteiger partial charge is 0.383 e. The van der Waals surface area contributed by atoms with Crippen LogP contribution < -0.4 is 15.5 Å². The SMILES string of the molecule is COCCNC(=NCC(=O)N(C)C)NC1CCN(c2ccc(Cl)cc2)C1.I. The van der Waals surface area contributed by atoms with Crippen LogP contribution in [0, 0.1) is 0 Å². The first-order chi connectivity index (χ1) is 12.5. The summed E-state index contributed by atoms with van der Waals surface area (Å²) in [6, 6.07) is 8.14. The number of carbonyl (C=O) groups is 1. The fraction of sp³-hybridized carbons (Fsp3) is 0.556. The third-order valence-corrected chi connectivity index (χ3v) is 4.44. The molecule has 1 amide bonds. The first-order valence-electron chi connectivity index (χ1n) is 8.74. The second-order valence-electron chi connectivity index (χ2n) is 6.42. The van der Waals surface area contributed by atoms with Crippen molar-refractivity contribution in [3.8, 4) is 0 Å². The standard InChI is InChI=1S/C18H28ClN5O2.HI/c1-23(2)17(25)12-21-18(20-9-11-26-3)22-15-8-10-24(13-15)16-6-4-14(19)5-7-16;/h4-7,15H,8-13H2,1-3H3,(H2,20,21,22);1H. The summed E-state index contributed by atoms with van der Waals surface area (Å²) < 4.78 is 5.07. The highest BCUT2D eigenvalue weighted by Gasteiger charge is 2.23. The Bertz CT molecular complexity index is 612. The number of carbonyl (C=O) groups excluding carboxylic acids is 1. The summed E-state index contributed by atoms with van der Waals surface area (Å²) in [7, 11) is 5.11. The summed E-state index contributed by atoms with van der Waals surface area (Å²) in [6.45, 7) is 3.15. The van der Waals surface area contributed by atoms with Crippen LogP contribution in [0.15, 0.2) is 29.3 Å². The molecule has 2 N–H and O–H groups in total. The second-order valence-corrected chi connectivity index (χ2v) is 6.86. The van der Waals surface area contributed by atoms with Gasteiger partial charge in [-0.15, -0.1) is 24.0 Å². The summed E-state index contributed by atoms with van der Waals surface area (Å²) in [5.74, 6) is 0.604. The van der Waals surface area contributed by atoms with Gasteiger partial charge in [0.1, 0.15) is 6.54 Å². The number of hydrogen-bond donors (Lipinski definition) is 2. The van der Waals surface area contributed by atoms with Gasteiger partial charge in [-0.2, -0.15) is 0 Å². The number of hydrogen-bond acceptors (Lipinski definition) is 4. The zero-order valence-electron chi connectivity index (χ0n) is 16.1. The lowest BCUT2D eigenvalue weighted by atomic mass is 10.3. The zero-order chi connectivity index (χ0) is 18.9.